The largest absolute Gasteiger partial charge is 0.326 e. The molecular formula is C10H10N2O2. The van der Waals surface area contributed by atoms with Crippen LogP contribution in [0.15, 0.2) is 29.1 Å². The number of aryl methyl sites for hydroxylation is 1. The van der Waals surface area contributed by atoms with Gasteiger partial charge in [0.1, 0.15) is 6.29 Å². The highest BCUT2D eigenvalue weighted by Crippen LogP contribution is 2.08. The molecule has 0 aliphatic rings. The highest BCUT2D eigenvalue weighted by Gasteiger charge is 2.03. The number of benzene rings is 1. The number of imidazole rings is 1. The smallest absolute Gasteiger partial charge is 0.306 e. The third-order valence-electron chi connectivity index (χ3n) is 2.15. The number of carbonyl (C=O) groups excluding carboxylic acids is 1. The highest BCUT2D eigenvalue weighted by atomic mass is 16.1. The Morgan fingerprint density at radius 1 is 1.36 bits per heavy atom. The maximum atomic E-state index is 11.4. The van der Waals surface area contributed by atoms with E-state index >= 15 is 0 Å². The minimum Gasteiger partial charge on any atom is -0.306 e. The molecule has 0 radical (unpaired) electrons. The quantitative estimate of drug-likeness (QED) is 0.731. The minimum absolute atomic E-state index is 0.159. The number of aromatic amines is 1. The molecular weight excluding hydrogens is 180 g/mol. The van der Waals surface area contributed by atoms with Crippen LogP contribution in [0.3, 0.4) is 0 Å². The van der Waals surface area contributed by atoms with Crippen molar-refractivity contribution in [3.8, 4) is 0 Å². The van der Waals surface area contributed by atoms with Gasteiger partial charge in [0.25, 0.3) is 0 Å². The van der Waals surface area contributed by atoms with Crippen LogP contribution < -0.4 is 5.69 Å². The van der Waals surface area contributed by atoms with Crippen molar-refractivity contribution in [2.24, 2.45) is 0 Å². The average Bonchev–Trinajstić information content (AvgIpc) is 2.51. The Balaban J connectivity index is 2.56. The second kappa shape index (κ2) is 3.49. The molecule has 0 bridgehead atoms. The first-order valence-electron chi connectivity index (χ1n) is 4.44. The Morgan fingerprint density at radius 2 is 2.14 bits per heavy atom. The molecule has 0 spiro atoms. The van der Waals surface area contributed by atoms with E-state index < -0.39 is 0 Å². The Labute approximate surface area is 80.2 Å². The molecule has 0 aliphatic carbocycles. The molecule has 4 heteroatoms. The van der Waals surface area contributed by atoms with E-state index in [-0.39, 0.29) is 5.69 Å². The molecule has 0 saturated carbocycles. The zero-order chi connectivity index (χ0) is 9.97. The number of aromatic nitrogens is 2. The predicted octanol–water partition coefficient (Wildman–Crippen LogP) is 0.919. The van der Waals surface area contributed by atoms with Gasteiger partial charge in [-0.2, -0.15) is 0 Å². The highest BCUT2D eigenvalue weighted by molar-refractivity contribution is 5.74. The lowest BCUT2D eigenvalue weighted by molar-refractivity contribution is -0.108. The lowest BCUT2D eigenvalue weighted by Crippen LogP contribution is -2.16. The summed E-state index contributed by atoms with van der Waals surface area (Å²) in [4.78, 5) is 24.4. The molecule has 1 aromatic heterocycles. The summed E-state index contributed by atoms with van der Waals surface area (Å²) in [5.41, 5.74) is 1.50. The third kappa shape index (κ3) is 1.35. The fourth-order valence-electron chi connectivity index (χ4n) is 1.51. The average molecular weight is 190 g/mol. The van der Waals surface area contributed by atoms with Gasteiger partial charge in [0.05, 0.1) is 11.0 Å². The number of nitrogens with zero attached hydrogens (tertiary/aromatic N) is 1. The van der Waals surface area contributed by atoms with Crippen molar-refractivity contribution in [2.45, 2.75) is 13.0 Å². The van der Waals surface area contributed by atoms with Crippen LogP contribution in [0.5, 0.6) is 0 Å². The molecule has 1 N–H and O–H groups in total. The van der Waals surface area contributed by atoms with Crippen molar-refractivity contribution < 1.29 is 4.79 Å². The van der Waals surface area contributed by atoms with E-state index in [1.165, 1.54) is 0 Å². The molecule has 0 amide bonds. The van der Waals surface area contributed by atoms with Gasteiger partial charge in [0, 0.05) is 13.0 Å². The standard InChI is InChI=1S/C10H10N2O2/c13-7-3-6-12-9-5-2-1-4-8(9)11-10(12)14/h1-2,4-5,7H,3,6H2,(H,11,14). The normalized spacial score (nSPS) is 10.6. The molecule has 2 aromatic rings. The molecule has 2 rings (SSSR count). The number of hydrogen-bond acceptors (Lipinski definition) is 2. The molecule has 0 unspecified atom stereocenters. The zero-order valence-electron chi connectivity index (χ0n) is 7.56. The van der Waals surface area contributed by atoms with Gasteiger partial charge in [0.15, 0.2) is 0 Å². The molecule has 1 aromatic carbocycles. The summed E-state index contributed by atoms with van der Waals surface area (Å²) in [6.07, 6.45) is 1.18. The third-order valence-corrected chi connectivity index (χ3v) is 2.15. The van der Waals surface area contributed by atoms with E-state index in [9.17, 15) is 9.59 Å². The van der Waals surface area contributed by atoms with Gasteiger partial charge in [0.2, 0.25) is 0 Å². The minimum atomic E-state index is -0.159. The zero-order valence-corrected chi connectivity index (χ0v) is 7.56. The van der Waals surface area contributed by atoms with Crippen LogP contribution in [-0.2, 0) is 11.3 Å². The van der Waals surface area contributed by atoms with Gasteiger partial charge in [-0.15, -0.1) is 0 Å². The van der Waals surface area contributed by atoms with Crippen molar-refractivity contribution in [3.05, 3.63) is 34.7 Å². The second-order valence-corrected chi connectivity index (χ2v) is 3.05. The number of rotatable bonds is 3. The Morgan fingerprint density at radius 3 is 2.93 bits per heavy atom. The van der Waals surface area contributed by atoms with Crippen molar-refractivity contribution in [1.29, 1.82) is 0 Å². The summed E-state index contributed by atoms with van der Waals surface area (Å²) in [7, 11) is 0. The van der Waals surface area contributed by atoms with E-state index in [1.807, 2.05) is 24.3 Å². The molecule has 0 saturated heterocycles. The molecule has 72 valence electrons. The fourth-order valence-corrected chi connectivity index (χ4v) is 1.51. The van der Waals surface area contributed by atoms with Crippen LogP contribution in [0.25, 0.3) is 11.0 Å². The van der Waals surface area contributed by atoms with Crippen LogP contribution in [-0.4, -0.2) is 15.8 Å². The van der Waals surface area contributed by atoms with Crippen LogP contribution in [0.1, 0.15) is 6.42 Å². The molecule has 0 fully saturated rings. The molecule has 0 aliphatic heterocycles. The summed E-state index contributed by atoms with van der Waals surface area (Å²) in [6.45, 7) is 0.437. The summed E-state index contributed by atoms with van der Waals surface area (Å²) in [5, 5.41) is 0. The van der Waals surface area contributed by atoms with Crippen molar-refractivity contribution >= 4 is 17.3 Å². The fraction of sp³-hybridized carbons (Fsp3) is 0.200. The van der Waals surface area contributed by atoms with Crippen LogP contribution in [0, 0.1) is 0 Å². The van der Waals surface area contributed by atoms with Crippen LogP contribution in [0.4, 0.5) is 0 Å². The number of para-hydroxylation sites is 2. The lowest BCUT2D eigenvalue weighted by Gasteiger charge is -1.97. The number of nitrogens with one attached hydrogen (secondary N) is 1. The Bertz CT molecular complexity index is 510. The van der Waals surface area contributed by atoms with Gasteiger partial charge in [-0.3, -0.25) is 4.57 Å². The lowest BCUT2D eigenvalue weighted by atomic mass is 10.3. The Hall–Kier alpha value is -1.84. The topological polar surface area (TPSA) is 54.9 Å². The molecule has 14 heavy (non-hydrogen) atoms. The summed E-state index contributed by atoms with van der Waals surface area (Å²) < 4.78 is 1.57. The van der Waals surface area contributed by atoms with E-state index in [4.69, 9.17) is 0 Å². The number of H-pyrrole nitrogens is 1. The second-order valence-electron chi connectivity index (χ2n) is 3.05. The molecule has 0 atom stereocenters. The number of hydrogen-bond donors (Lipinski definition) is 1. The summed E-state index contributed by atoms with van der Waals surface area (Å²) in [6, 6.07) is 7.43. The van der Waals surface area contributed by atoms with Crippen molar-refractivity contribution in [2.75, 3.05) is 0 Å². The predicted molar refractivity (Wildman–Crippen MR) is 53.2 cm³/mol. The molecule has 1 heterocycles. The van der Waals surface area contributed by atoms with Crippen molar-refractivity contribution in [1.82, 2.24) is 9.55 Å². The van der Waals surface area contributed by atoms with Crippen LogP contribution in [0.2, 0.25) is 0 Å². The molecule has 4 nitrogen and oxygen atoms in total. The number of fused-ring (bicyclic) bond motifs is 1. The maximum Gasteiger partial charge on any atom is 0.326 e. The first kappa shape index (κ1) is 8.74. The van der Waals surface area contributed by atoms with Gasteiger partial charge in [-0.1, -0.05) is 12.1 Å². The van der Waals surface area contributed by atoms with Gasteiger partial charge >= 0.3 is 5.69 Å². The maximum absolute atomic E-state index is 11.4. The number of aldehydes is 1. The van der Waals surface area contributed by atoms with Gasteiger partial charge < -0.3 is 9.78 Å². The van der Waals surface area contributed by atoms with E-state index in [0.29, 0.717) is 13.0 Å². The number of carbonyl (C=O) groups is 1. The van der Waals surface area contributed by atoms with E-state index in [1.54, 1.807) is 4.57 Å². The van der Waals surface area contributed by atoms with E-state index in [2.05, 4.69) is 4.98 Å². The van der Waals surface area contributed by atoms with E-state index in [0.717, 1.165) is 17.3 Å². The van der Waals surface area contributed by atoms with Gasteiger partial charge in [-0.25, -0.2) is 4.79 Å². The first-order chi connectivity index (χ1) is 6.83. The first-order valence-corrected chi connectivity index (χ1v) is 4.44. The van der Waals surface area contributed by atoms with Crippen molar-refractivity contribution in [3.63, 3.8) is 0 Å². The monoisotopic (exact) mass is 190 g/mol. The van der Waals surface area contributed by atoms with Crippen LogP contribution >= 0.6 is 0 Å². The SMILES string of the molecule is O=CCCn1c(=O)[nH]c2ccccc21. The Kier molecular flexibility index (Phi) is 2.18. The van der Waals surface area contributed by atoms with Gasteiger partial charge in [-0.05, 0) is 12.1 Å². The summed E-state index contributed by atoms with van der Waals surface area (Å²) >= 11 is 0. The summed E-state index contributed by atoms with van der Waals surface area (Å²) in [5.74, 6) is 0.